The standard InChI is InChI=1S/C24H26N2O6/c1-26-14-22(32-15-16-8-6-5-7-9-16)19(27)12-18(26)13-25-24(28)17-10-20(29-2)23(31-4)21(11-17)30-3/h5-12,14H,13,15H2,1-4H3,(H,25,28). The van der Waals surface area contributed by atoms with E-state index in [1.54, 1.807) is 29.9 Å². The molecule has 2 aromatic carbocycles. The normalized spacial score (nSPS) is 10.4. The number of pyridine rings is 1. The van der Waals surface area contributed by atoms with Crippen molar-refractivity contribution >= 4 is 5.91 Å². The first kappa shape index (κ1) is 22.7. The van der Waals surface area contributed by atoms with Crippen LogP contribution < -0.4 is 29.7 Å². The van der Waals surface area contributed by atoms with Crippen molar-refractivity contribution in [1.82, 2.24) is 9.88 Å². The van der Waals surface area contributed by atoms with E-state index in [0.29, 0.717) is 35.1 Å². The van der Waals surface area contributed by atoms with Gasteiger partial charge in [0, 0.05) is 24.4 Å². The zero-order valence-corrected chi connectivity index (χ0v) is 18.5. The Morgan fingerprint density at radius 2 is 1.59 bits per heavy atom. The fourth-order valence-electron chi connectivity index (χ4n) is 3.15. The molecular weight excluding hydrogens is 412 g/mol. The maximum absolute atomic E-state index is 12.7. The van der Waals surface area contributed by atoms with Gasteiger partial charge in [-0.2, -0.15) is 0 Å². The molecule has 0 aliphatic rings. The van der Waals surface area contributed by atoms with Gasteiger partial charge in [-0.1, -0.05) is 30.3 Å². The first-order chi connectivity index (χ1) is 15.5. The molecule has 8 heteroatoms. The number of benzene rings is 2. The minimum Gasteiger partial charge on any atom is -0.493 e. The van der Waals surface area contributed by atoms with E-state index in [9.17, 15) is 9.59 Å². The number of methoxy groups -OCH3 is 3. The minimum atomic E-state index is -0.346. The molecule has 1 heterocycles. The highest BCUT2D eigenvalue weighted by atomic mass is 16.5. The van der Waals surface area contributed by atoms with Crippen molar-refractivity contribution in [3.05, 3.63) is 81.8 Å². The number of nitrogens with one attached hydrogen (secondary N) is 1. The summed E-state index contributed by atoms with van der Waals surface area (Å²) in [5.41, 5.74) is 1.68. The third-order valence-electron chi connectivity index (χ3n) is 4.90. The molecule has 32 heavy (non-hydrogen) atoms. The molecule has 3 rings (SSSR count). The van der Waals surface area contributed by atoms with Crippen molar-refractivity contribution in [2.24, 2.45) is 7.05 Å². The van der Waals surface area contributed by atoms with Crippen LogP contribution in [-0.2, 0) is 20.2 Å². The van der Waals surface area contributed by atoms with Crippen LogP contribution in [0, 0.1) is 0 Å². The lowest BCUT2D eigenvalue weighted by molar-refractivity contribution is 0.0949. The molecule has 0 spiro atoms. The second-order valence-electron chi connectivity index (χ2n) is 6.98. The largest absolute Gasteiger partial charge is 0.493 e. The van der Waals surface area contributed by atoms with E-state index in [4.69, 9.17) is 18.9 Å². The Morgan fingerprint density at radius 3 is 2.19 bits per heavy atom. The van der Waals surface area contributed by atoms with E-state index >= 15 is 0 Å². The Labute approximate surface area is 186 Å². The second-order valence-corrected chi connectivity index (χ2v) is 6.98. The molecule has 1 N–H and O–H groups in total. The number of aromatic nitrogens is 1. The summed E-state index contributed by atoms with van der Waals surface area (Å²) >= 11 is 0. The maximum Gasteiger partial charge on any atom is 0.251 e. The molecule has 0 unspecified atom stereocenters. The number of ether oxygens (including phenoxy) is 4. The molecule has 0 saturated carbocycles. The van der Waals surface area contributed by atoms with Crippen molar-refractivity contribution in [2.45, 2.75) is 13.2 Å². The number of amides is 1. The lowest BCUT2D eigenvalue weighted by atomic mass is 10.1. The smallest absolute Gasteiger partial charge is 0.251 e. The molecular formula is C24H26N2O6. The quantitative estimate of drug-likeness (QED) is 0.553. The molecule has 0 fully saturated rings. The van der Waals surface area contributed by atoms with Gasteiger partial charge in [-0.05, 0) is 17.7 Å². The van der Waals surface area contributed by atoms with Crippen LogP contribution in [0.4, 0.5) is 0 Å². The number of aryl methyl sites for hydroxylation is 1. The lowest BCUT2D eigenvalue weighted by Gasteiger charge is -2.15. The molecule has 8 nitrogen and oxygen atoms in total. The summed E-state index contributed by atoms with van der Waals surface area (Å²) in [6.07, 6.45) is 1.62. The molecule has 0 bridgehead atoms. The van der Waals surface area contributed by atoms with Gasteiger partial charge in [0.25, 0.3) is 5.91 Å². The monoisotopic (exact) mass is 438 g/mol. The van der Waals surface area contributed by atoms with Crippen LogP contribution in [0.15, 0.2) is 59.5 Å². The summed E-state index contributed by atoms with van der Waals surface area (Å²) in [5.74, 6) is 1.06. The number of hydrogen-bond donors (Lipinski definition) is 1. The van der Waals surface area contributed by atoms with Crippen LogP contribution in [0.3, 0.4) is 0 Å². The van der Waals surface area contributed by atoms with Gasteiger partial charge in [-0.15, -0.1) is 0 Å². The molecule has 3 aromatic rings. The van der Waals surface area contributed by atoms with Gasteiger partial charge in [0.2, 0.25) is 11.2 Å². The third-order valence-corrected chi connectivity index (χ3v) is 4.90. The summed E-state index contributed by atoms with van der Waals surface area (Å²) < 4.78 is 23.3. The van der Waals surface area contributed by atoms with Crippen molar-refractivity contribution in [3.8, 4) is 23.0 Å². The van der Waals surface area contributed by atoms with Gasteiger partial charge in [0.15, 0.2) is 17.2 Å². The van der Waals surface area contributed by atoms with E-state index < -0.39 is 0 Å². The van der Waals surface area contributed by atoms with E-state index in [0.717, 1.165) is 5.56 Å². The number of nitrogens with zero attached hydrogens (tertiary/aromatic N) is 1. The number of carbonyl (C=O) groups excluding carboxylic acids is 1. The van der Waals surface area contributed by atoms with Gasteiger partial charge in [0.05, 0.1) is 34.1 Å². The second kappa shape index (κ2) is 10.4. The van der Waals surface area contributed by atoms with Crippen LogP contribution in [0.2, 0.25) is 0 Å². The van der Waals surface area contributed by atoms with Crippen molar-refractivity contribution < 1.29 is 23.7 Å². The van der Waals surface area contributed by atoms with Crippen molar-refractivity contribution in [3.63, 3.8) is 0 Å². The average Bonchev–Trinajstić information content (AvgIpc) is 2.82. The molecule has 1 aromatic heterocycles. The van der Waals surface area contributed by atoms with Crippen molar-refractivity contribution in [2.75, 3.05) is 21.3 Å². The Morgan fingerprint density at radius 1 is 0.938 bits per heavy atom. The zero-order valence-electron chi connectivity index (χ0n) is 18.5. The van der Waals surface area contributed by atoms with Gasteiger partial charge in [-0.25, -0.2) is 0 Å². The SMILES string of the molecule is COc1cc(C(=O)NCc2cc(=O)c(OCc3ccccc3)cn2C)cc(OC)c1OC. The fraction of sp³-hybridized carbons (Fsp3) is 0.250. The first-order valence-corrected chi connectivity index (χ1v) is 9.91. The summed E-state index contributed by atoms with van der Waals surface area (Å²) in [5, 5.41) is 2.81. The minimum absolute atomic E-state index is 0.153. The average molecular weight is 438 g/mol. The number of rotatable bonds is 9. The van der Waals surface area contributed by atoms with Gasteiger partial charge >= 0.3 is 0 Å². The predicted molar refractivity (Wildman–Crippen MR) is 120 cm³/mol. The Bertz CT molecular complexity index is 1120. The Balaban J connectivity index is 1.71. The lowest BCUT2D eigenvalue weighted by Crippen LogP contribution is -2.26. The predicted octanol–water partition coefficient (Wildman–Crippen LogP) is 2.92. The highest BCUT2D eigenvalue weighted by Crippen LogP contribution is 2.38. The van der Waals surface area contributed by atoms with Gasteiger partial charge in [-0.3, -0.25) is 9.59 Å². The van der Waals surface area contributed by atoms with Crippen LogP contribution >= 0.6 is 0 Å². The highest BCUT2D eigenvalue weighted by molar-refractivity contribution is 5.95. The molecule has 0 atom stereocenters. The van der Waals surface area contributed by atoms with Crippen LogP contribution in [0.1, 0.15) is 21.6 Å². The molecule has 168 valence electrons. The van der Waals surface area contributed by atoms with Gasteiger partial charge < -0.3 is 28.8 Å². The van der Waals surface area contributed by atoms with E-state index in [-0.39, 0.29) is 23.6 Å². The molecule has 0 saturated heterocycles. The topological polar surface area (TPSA) is 88.0 Å². The number of hydrogen-bond acceptors (Lipinski definition) is 6. The molecule has 0 aliphatic carbocycles. The van der Waals surface area contributed by atoms with E-state index in [1.165, 1.54) is 27.4 Å². The summed E-state index contributed by atoms with van der Waals surface area (Å²) in [6.45, 7) is 0.452. The van der Waals surface area contributed by atoms with Gasteiger partial charge in [0.1, 0.15) is 6.61 Å². The maximum atomic E-state index is 12.7. The fourth-order valence-corrected chi connectivity index (χ4v) is 3.15. The summed E-state index contributed by atoms with van der Waals surface area (Å²) in [6, 6.07) is 14.2. The van der Waals surface area contributed by atoms with Crippen molar-refractivity contribution in [1.29, 1.82) is 0 Å². The highest BCUT2D eigenvalue weighted by Gasteiger charge is 2.17. The third kappa shape index (κ3) is 5.21. The van der Waals surface area contributed by atoms with Crippen LogP contribution in [0.25, 0.3) is 0 Å². The zero-order chi connectivity index (χ0) is 23.1. The Kier molecular flexibility index (Phi) is 7.38. The van der Waals surface area contributed by atoms with E-state index in [2.05, 4.69) is 5.32 Å². The molecule has 0 radical (unpaired) electrons. The molecule has 0 aliphatic heterocycles. The first-order valence-electron chi connectivity index (χ1n) is 9.91. The molecule has 1 amide bonds. The van der Waals surface area contributed by atoms with Crippen LogP contribution in [-0.4, -0.2) is 31.8 Å². The Hall–Kier alpha value is -3.94. The number of carbonyl (C=O) groups is 1. The van der Waals surface area contributed by atoms with E-state index in [1.807, 2.05) is 30.3 Å². The van der Waals surface area contributed by atoms with Crippen LogP contribution in [0.5, 0.6) is 23.0 Å². The summed E-state index contributed by atoms with van der Waals surface area (Å²) in [4.78, 5) is 25.2. The summed E-state index contributed by atoms with van der Waals surface area (Å²) in [7, 11) is 6.25.